The van der Waals surface area contributed by atoms with Gasteiger partial charge in [0.1, 0.15) is 0 Å². The van der Waals surface area contributed by atoms with E-state index in [2.05, 4.69) is 5.32 Å². The zero-order valence-corrected chi connectivity index (χ0v) is 8.13. The predicted octanol–water partition coefficient (Wildman–Crippen LogP) is 0.649. The van der Waals surface area contributed by atoms with Crippen molar-refractivity contribution in [1.82, 2.24) is 5.32 Å². The first-order valence-corrected chi connectivity index (χ1v) is 5.31. The summed E-state index contributed by atoms with van der Waals surface area (Å²) < 4.78 is 10.9. The normalized spacial score (nSPS) is 29.1. The second-order valence-corrected chi connectivity index (χ2v) is 4.12. The molecule has 2 heterocycles. The van der Waals surface area contributed by atoms with Crippen LogP contribution in [0.4, 0.5) is 0 Å². The zero-order valence-electron chi connectivity index (χ0n) is 8.13. The Morgan fingerprint density at radius 2 is 2.23 bits per heavy atom. The van der Waals surface area contributed by atoms with Crippen LogP contribution in [0.3, 0.4) is 0 Å². The number of hydrogen-bond donors (Lipinski definition) is 1. The average molecular weight is 185 g/mol. The van der Waals surface area contributed by atoms with Crippen LogP contribution in [0.2, 0.25) is 0 Å². The van der Waals surface area contributed by atoms with E-state index >= 15 is 0 Å². The molecule has 2 saturated heterocycles. The van der Waals surface area contributed by atoms with Crippen LogP contribution in [0.5, 0.6) is 0 Å². The van der Waals surface area contributed by atoms with E-state index in [1.54, 1.807) is 0 Å². The highest BCUT2D eigenvalue weighted by molar-refractivity contribution is 4.74. The van der Waals surface area contributed by atoms with Gasteiger partial charge in [0.25, 0.3) is 0 Å². The molecule has 2 rings (SSSR count). The molecule has 3 heteroatoms. The molecule has 0 radical (unpaired) electrons. The second-order valence-electron chi connectivity index (χ2n) is 4.12. The third-order valence-electron chi connectivity index (χ3n) is 2.91. The molecule has 0 aromatic rings. The van der Waals surface area contributed by atoms with Crippen molar-refractivity contribution in [2.75, 3.05) is 39.5 Å². The van der Waals surface area contributed by atoms with Crippen molar-refractivity contribution in [3.63, 3.8) is 0 Å². The molecule has 0 aromatic heterocycles. The second kappa shape index (κ2) is 4.94. The Morgan fingerprint density at radius 3 is 2.85 bits per heavy atom. The van der Waals surface area contributed by atoms with Gasteiger partial charge in [-0.2, -0.15) is 0 Å². The van der Waals surface area contributed by atoms with E-state index in [4.69, 9.17) is 9.47 Å². The fourth-order valence-electron chi connectivity index (χ4n) is 1.77. The maximum absolute atomic E-state index is 5.62. The predicted molar refractivity (Wildman–Crippen MR) is 50.7 cm³/mol. The summed E-state index contributed by atoms with van der Waals surface area (Å²) in [5.41, 5.74) is 0. The molecule has 3 nitrogen and oxygen atoms in total. The SMILES string of the molecule is C(CC1CNC1)OCC1CCOC1. The van der Waals surface area contributed by atoms with Gasteiger partial charge in [0.15, 0.2) is 0 Å². The number of nitrogens with one attached hydrogen (secondary N) is 1. The molecule has 0 aromatic carbocycles. The molecule has 0 bridgehead atoms. The van der Waals surface area contributed by atoms with Crippen molar-refractivity contribution in [2.24, 2.45) is 11.8 Å². The number of hydrogen-bond acceptors (Lipinski definition) is 3. The van der Waals surface area contributed by atoms with Crippen LogP contribution in [0, 0.1) is 11.8 Å². The molecule has 0 spiro atoms. The van der Waals surface area contributed by atoms with Gasteiger partial charge in [0.05, 0.1) is 13.2 Å². The standard InChI is InChI=1S/C10H19NO2/c1(9-5-11-6-9)3-12-7-10-2-4-13-8-10/h9-11H,1-8H2. The first-order valence-electron chi connectivity index (χ1n) is 5.31. The van der Waals surface area contributed by atoms with Gasteiger partial charge in [-0.1, -0.05) is 0 Å². The zero-order chi connectivity index (χ0) is 8.93. The van der Waals surface area contributed by atoms with Crippen molar-refractivity contribution >= 4 is 0 Å². The Bertz CT molecular complexity index is 142. The highest BCUT2D eigenvalue weighted by Crippen LogP contribution is 2.13. The van der Waals surface area contributed by atoms with Crippen LogP contribution in [0.1, 0.15) is 12.8 Å². The Hall–Kier alpha value is -0.120. The van der Waals surface area contributed by atoms with Gasteiger partial charge in [-0.05, 0) is 31.8 Å². The molecule has 2 aliphatic heterocycles. The summed E-state index contributed by atoms with van der Waals surface area (Å²) >= 11 is 0. The van der Waals surface area contributed by atoms with Gasteiger partial charge in [-0.15, -0.1) is 0 Å². The van der Waals surface area contributed by atoms with E-state index < -0.39 is 0 Å². The van der Waals surface area contributed by atoms with Crippen molar-refractivity contribution < 1.29 is 9.47 Å². The van der Waals surface area contributed by atoms with Crippen molar-refractivity contribution in [3.05, 3.63) is 0 Å². The summed E-state index contributed by atoms with van der Waals surface area (Å²) in [5.74, 6) is 1.54. The van der Waals surface area contributed by atoms with Crippen LogP contribution in [-0.2, 0) is 9.47 Å². The smallest absolute Gasteiger partial charge is 0.0517 e. The lowest BCUT2D eigenvalue weighted by Crippen LogP contribution is -2.42. The fourth-order valence-corrected chi connectivity index (χ4v) is 1.77. The lowest BCUT2D eigenvalue weighted by molar-refractivity contribution is 0.0758. The van der Waals surface area contributed by atoms with E-state index in [1.807, 2.05) is 0 Å². The highest BCUT2D eigenvalue weighted by atomic mass is 16.5. The van der Waals surface area contributed by atoms with Crippen LogP contribution in [-0.4, -0.2) is 39.5 Å². The minimum Gasteiger partial charge on any atom is -0.381 e. The molecular weight excluding hydrogens is 166 g/mol. The van der Waals surface area contributed by atoms with Crippen molar-refractivity contribution in [3.8, 4) is 0 Å². The molecule has 0 aliphatic carbocycles. The summed E-state index contributed by atoms with van der Waals surface area (Å²) in [6.45, 7) is 6.06. The molecule has 0 amide bonds. The van der Waals surface area contributed by atoms with Gasteiger partial charge in [0.2, 0.25) is 0 Å². The van der Waals surface area contributed by atoms with Crippen molar-refractivity contribution in [2.45, 2.75) is 12.8 Å². The quantitative estimate of drug-likeness (QED) is 0.638. The molecule has 2 aliphatic rings. The van der Waals surface area contributed by atoms with Crippen LogP contribution in [0.25, 0.3) is 0 Å². The Labute approximate surface area is 79.8 Å². The molecule has 1 N–H and O–H groups in total. The first kappa shape index (κ1) is 9.44. The molecule has 1 unspecified atom stereocenters. The monoisotopic (exact) mass is 185 g/mol. The summed E-state index contributed by atoms with van der Waals surface area (Å²) in [6.07, 6.45) is 2.41. The third kappa shape index (κ3) is 2.93. The minimum atomic E-state index is 0.666. The van der Waals surface area contributed by atoms with E-state index in [0.717, 1.165) is 32.3 Å². The Morgan fingerprint density at radius 1 is 1.31 bits per heavy atom. The van der Waals surface area contributed by atoms with Crippen molar-refractivity contribution in [1.29, 1.82) is 0 Å². The van der Waals surface area contributed by atoms with Crippen LogP contribution >= 0.6 is 0 Å². The van der Waals surface area contributed by atoms with Crippen LogP contribution < -0.4 is 5.32 Å². The average Bonchev–Trinajstić information content (AvgIpc) is 2.53. The van der Waals surface area contributed by atoms with E-state index in [-0.39, 0.29) is 0 Å². The first-order chi connectivity index (χ1) is 6.45. The fraction of sp³-hybridized carbons (Fsp3) is 1.00. The summed E-state index contributed by atoms with van der Waals surface area (Å²) in [6, 6.07) is 0. The van der Waals surface area contributed by atoms with Gasteiger partial charge in [0, 0.05) is 19.1 Å². The Kier molecular flexibility index (Phi) is 3.58. The molecule has 13 heavy (non-hydrogen) atoms. The lowest BCUT2D eigenvalue weighted by Gasteiger charge is -2.26. The lowest BCUT2D eigenvalue weighted by atomic mass is 10.0. The maximum Gasteiger partial charge on any atom is 0.0517 e. The molecule has 1 atom stereocenters. The number of ether oxygens (including phenoxy) is 2. The van der Waals surface area contributed by atoms with E-state index in [0.29, 0.717) is 5.92 Å². The van der Waals surface area contributed by atoms with Gasteiger partial charge >= 0.3 is 0 Å². The largest absolute Gasteiger partial charge is 0.381 e. The topological polar surface area (TPSA) is 30.5 Å². The number of rotatable bonds is 5. The van der Waals surface area contributed by atoms with E-state index in [1.165, 1.54) is 25.9 Å². The summed E-state index contributed by atoms with van der Waals surface area (Å²) in [5, 5.41) is 3.27. The molecule has 2 fully saturated rings. The molecule has 76 valence electrons. The van der Waals surface area contributed by atoms with Gasteiger partial charge in [-0.25, -0.2) is 0 Å². The van der Waals surface area contributed by atoms with Gasteiger partial charge < -0.3 is 14.8 Å². The summed E-state index contributed by atoms with van der Waals surface area (Å²) in [7, 11) is 0. The van der Waals surface area contributed by atoms with Gasteiger partial charge in [-0.3, -0.25) is 0 Å². The third-order valence-corrected chi connectivity index (χ3v) is 2.91. The molecular formula is C10H19NO2. The van der Waals surface area contributed by atoms with Crippen LogP contribution in [0.15, 0.2) is 0 Å². The Balaban J connectivity index is 1.43. The maximum atomic E-state index is 5.62. The molecule has 0 saturated carbocycles. The minimum absolute atomic E-state index is 0.666. The summed E-state index contributed by atoms with van der Waals surface area (Å²) in [4.78, 5) is 0. The van der Waals surface area contributed by atoms with E-state index in [9.17, 15) is 0 Å². The highest BCUT2D eigenvalue weighted by Gasteiger charge is 2.18.